The molecule has 0 saturated carbocycles. The average Bonchev–Trinajstić information content (AvgIpc) is 3.26. The third-order valence-corrected chi connectivity index (χ3v) is 7.73. The maximum Gasteiger partial charge on any atom is 0.295 e. The van der Waals surface area contributed by atoms with Gasteiger partial charge >= 0.3 is 0 Å². The fourth-order valence-corrected chi connectivity index (χ4v) is 5.54. The van der Waals surface area contributed by atoms with Crippen LogP contribution >= 0.6 is 0 Å². The van der Waals surface area contributed by atoms with E-state index in [0.29, 0.717) is 56.5 Å². The minimum Gasteiger partial charge on any atom is -0.507 e. The van der Waals surface area contributed by atoms with E-state index in [2.05, 4.69) is 4.90 Å². The quantitative estimate of drug-likeness (QED) is 0.195. The van der Waals surface area contributed by atoms with Gasteiger partial charge in [0, 0.05) is 31.7 Å². The highest BCUT2D eigenvalue weighted by atomic mass is 16.5. The number of hydrogen-bond donors (Lipinski definition) is 1. The van der Waals surface area contributed by atoms with Crippen LogP contribution in [0.4, 0.5) is 0 Å². The first-order chi connectivity index (χ1) is 20.5. The number of carbonyl (C=O) groups excluding carboxylic acids is 2. The Morgan fingerprint density at radius 3 is 2.33 bits per heavy atom. The summed E-state index contributed by atoms with van der Waals surface area (Å²) in [5.74, 6) is -0.107. The highest BCUT2D eigenvalue weighted by molar-refractivity contribution is 6.46. The van der Waals surface area contributed by atoms with Crippen LogP contribution in [0.25, 0.3) is 5.76 Å². The lowest BCUT2D eigenvalue weighted by atomic mass is 9.93. The summed E-state index contributed by atoms with van der Waals surface area (Å²) in [5.41, 5.74) is 3.13. The van der Waals surface area contributed by atoms with Gasteiger partial charge in [-0.3, -0.25) is 14.5 Å². The molecule has 0 bridgehead atoms. The van der Waals surface area contributed by atoms with E-state index in [4.69, 9.17) is 14.2 Å². The zero-order valence-electron chi connectivity index (χ0n) is 24.3. The summed E-state index contributed by atoms with van der Waals surface area (Å²) < 4.78 is 17.0. The Hall–Kier alpha value is -4.14. The van der Waals surface area contributed by atoms with Crippen molar-refractivity contribution >= 4 is 17.4 Å². The molecule has 3 aromatic carbocycles. The number of amides is 1. The Balaban J connectivity index is 1.44. The van der Waals surface area contributed by atoms with Crippen molar-refractivity contribution in [2.24, 2.45) is 0 Å². The van der Waals surface area contributed by atoms with Crippen LogP contribution in [-0.4, -0.2) is 72.6 Å². The molecule has 42 heavy (non-hydrogen) atoms. The van der Waals surface area contributed by atoms with Crippen molar-refractivity contribution in [2.45, 2.75) is 32.9 Å². The van der Waals surface area contributed by atoms with Crippen molar-refractivity contribution in [1.82, 2.24) is 9.80 Å². The topological polar surface area (TPSA) is 88.5 Å². The molecule has 1 amide bonds. The number of rotatable bonds is 11. The molecule has 0 aromatic heterocycles. The van der Waals surface area contributed by atoms with Gasteiger partial charge in [-0.05, 0) is 67.3 Å². The van der Waals surface area contributed by atoms with E-state index in [1.807, 2.05) is 74.5 Å². The van der Waals surface area contributed by atoms with Gasteiger partial charge in [0.05, 0.1) is 31.4 Å². The lowest BCUT2D eigenvalue weighted by Gasteiger charge is -2.29. The van der Waals surface area contributed by atoms with E-state index in [1.54, 1.807) is 17.0 Å². The lowest BCUT2D eigenvalue weighted by Crippen LogP contribution is -2.38. The van der Waals surface area contributed by atoms with Gasteiger partial charge in [0.15, 0.2) is 0 Å². The third-order valence-electron chi connectivity index (χ3n) is 7.73. The monoisotopic (exact) mass is 570 g/mol. The molecule has 2 aliphatic heterocycles. The fourth-order valence-electron chi connectivity index (χ4n) is 5.54. The molecule has 0 spiro atoms. The van der Waals surface area contributed by atoms with Gasteiger partial charge in [0.25, 0.3) is 11.7 Å². The summed E-state index contributed by atoms with van der Waals surface area (Å²) in [6.07, 6.45) is 0.698. The number of aryl methyl sites for hydroxylation is 1. The zero-order chi connectivity index (χ0) is 29.5. The second kappa shape index (κ2) is 13.7. The van der Waals surface area contributed by atoms with Crippen LogP contribution in [-0.2, 0) is 20.9 Å². The van der Waals surface area contributed by atoms with E-state index in [9.17, 15) is 14.7 Å². The van der Waals surface area contributed by atoms with Crippen molar-refractivity contribution < 1.29 is 28.9 Å². The van der Waals surface area contributed by atoms with E-state index in [-0.39, 0.29) is 11.3 Å². The Bertz CT molecular complexity index is 1410. The molecule has 1 unspecified atom stereocenters. The molecular formula is C34H38N2O6. The molecule has 2 fully saturated rings. The minimum atomic E-state index is -0.719. The maximum absolute atomic E-state index is 13.5. The summed E-state index contributed by atoms with van der Waals surface area (Å²) in [6, 6.07) is 21.9. The Morgan fingerprint density at radius 1 is 0.929 bits per heavy atom. The third kappa shape index (κ3) is 6.66. The van der Waals surface area contributed by atoms with E-state index >= 15 is 0 Å². The molecule has 2 saturated heterocycles. The molecule has 5 rings (SSSR count). The normalized spacial score (nSPS) is 18.8. The average molecular weight is 571 g/mol. The highest BCUT2D eigenvalue weighted by Crippen LogP contribution is 2.40. The Morgan fingerprint density at radius 2 is 1.64 bits per heavy atom. The number of nitrogens with zero attached hydrogens (tertiary/aromatic N) is 2. The minimum absolute atomic E-state index is 0.0941. The SMILES string of the molecule is CCOc1ccc(/C(O)=C2\C(=O)C(=O)N(CCCN3CCOCC3)C2c2ccc(OCc3ccccc3)cc2)c(C)c1. The molecule has 8 nitrogen and oxygen atoms in total. The Kier molecular flexibility index (Phi) is 9.56. The van der Waals surface area contributed by atoms with Crippen molar-refractivity contribution in [3.8, 4) is 11.5 Å². The molecule has 0 radical (unpaired) electrons. The van der Waals surface area contributed by atoms with Crippen LogP contribution in [0.15, 0.2) is 78.4 Å². The van der Waals surface area contributed by atoms with Crippen LogP contribution in [0.1, 0.15) is 41.6 Å². The first kappa shape index (κ1) is 29.4. The molecule has 2 heterocycles. The molecule has 2 aliphatic rings. The number of aliphatic hydroxyl groups excluding tert-OH is 1. The molecule has 3 aromatic rings. The van der Waals surface area contributed by atoms with Gasteiger partial charge in [-0.2, -0.15) is 0 Å². The van der Waals surface area contributed by atoms with Crippen LogP contribution < -0.4 is 9.47 Å². The zero-order valence-corrected chi connectivity index (χ0v) is 24.3. The van der Waals surface area contributed by atoms with Crippen molar-refractivity contribution in [1.29, 1.82) is 0 Å². The van der Waals surface area contributed by atoms with Gasteiger partial charge in [0.2, 0.25) is 0 Å². The molecule has 220 valence electrons. The second-order valence-corrected chi connectivity index (χ2v) is 10.6. The first-order valence-electron chi connectivity index (χ1n) is 14.5. The Labute approximate surface area is 247 Å². The van der Waals surface area contributed by atoms with Crippen molar-refractivity contribution in [3.05, 3.63) is 101 Å². The molecule has 1 atom stereocenters. The van der Waals surface area contributed by atoms with Crippen LogP contribution in [0.2, 0.25) is 0 Å². The smallest absolute Gasteiger partial charge is 0.295 e. The van der Waals surface area contributed by atoms with E-state index < -0.39 is 17.7 Å². The number of ether oxygens (including phenoxy) is 3. The van der Waals surface area contributed by atoms with Gasteiger partial charge in [-0.1, -0.05) is 42.5 Å². The summed E-state index contributed by atoms with van der Waals surface area (Å²) in [4.78, 5) is 30.8. The molecule has 0 aliphatic carbocycles. The number of benzene rings is 3. The maximum atomic E-state index is 13.5. The second-order valence-electron chi connectivity index (χ2n) is 10.6. The number of morpholine rings is 1. The number of ketones is 1. The predicted molar refractivity (Wildman–Crippen MR) is 160 cm³/mol. The van der Waals surface area contributed by atoms with Gasteiger partial charge < -0.3 is 24.2 Å². The summed E-state index contributed by atoms with van der Waals surface area (Å²) >= 11 is 0. The number of hydrogen-bond acceptors (Lipinski definition) is 7. The van der Waals surface area contributed by atoms with Crippen LogP contribution in [0.3, 0.4) is 0 Å². The summed E-state index contributed by atoms with van der Waals surface area (Å²) in [5, 5.41) is 11.5. The number of carbonyl (C=O) groups is 2. The van der Waals surface area contributed by atoms with Crippen molar-refractivity contribution in [2.75, 3.05) is 46.0 Å². The van der Waals surface area contributed by atoms with E-state index in [0.717, 1.165) is 36.3 Å². The largest absolute Gasteiger partial charge is 0.507 e. The van der Waals surface area contributed by atoms with Gasteiger partial charge in [-0.25, -0.2) is 0 Å². The number of Topliss-reactive ketones (excluding diaryl/α,β-unsaturated/α-hetero) is 1. The van der Waals surface area contributed by atoms with Gasteiger partial charge in [0.1, 0.15) is 23.9 Å². The highest BCUT2D eigenvalue weighted by Gasteiger charge is 2.46. The first-order valence-corrected chi connectivity index (χ1v) is 14.5. The standard InChI is InChI=1S/C34H38N2O6/c1-3-41-28-14-15-29(24(2)22-28)32(37)30-31(26-10-12-27(13-11-26)42-23-25-8-5-4-6-9-25)36(34(39)33(30)38)17-7-16-35-18-20-40-21-19-35/h4-6,8-15,22,31,37H,3,7,16-21,23H2,1-2H3/b32-30+. The predicted octanol–water partition coefficient (Wildman–Crippen LogP) is 5.12. The summed E-state index contributed by atoms with van der Waals surface area (Å²) in [7, 11) is 0. The fraction of sp³-hybridized carbons (Fsp3) is 0.353. The van der Waals surface area contributed by atoms with Gasteiger partial charge in [-0.15, -0.1) is 0 Å². The van der Waals surface area contributed by atoms with Crippen molar-refractivity contribution in [3.63, 3.8) is 0 Å². The van der Waals surface area contributed by atoms with Crippen LogP contribution in [0.5, 0.6) is 11.5 Å². The number of aliphatic hydroxyl groups is 1. The summed E-state index contributed by atoms with van der Waals surface area (Å²) in [6.45, 7) is 8.98. The van der Waals surface area contributed by atoms with E-state index in [1.165, 1.54) is 0 Å². The lowest BCUT2D eigenvalue weighted by molar-refractivity contribution is -0.140. The molecular weight excluding hydrogens is 532 g/mol. The molecule has 8 heteroatoms. The molecule has 1 N–H and O–H groups in total. The van der Waals surface area contributed by atoms with Crippen LogP contribution in [0, 0.1) is 6.92 Å². The number of likely N-dealkylation sites (tertiary alicyclic amines) is 1.